The number of aromatic nitrogens is 2. The Bertz CT molecular complexity index is 568. The van der Waals surface area contributed by atoms with Gasteiger partial charge in [-0.05, 0) is 31.9 Å². The Labute approximate surface area is 113 Å². The van der Waals surface area contributed by atoms with Gasteiger partial charge >= 0.3 is 0 Å². The minimum absolute atomic E-state index is 0.168. The molecule has 0 aliphatic carbocycles. The normalized spacial score (nSPS) is 12.0. The van der Waals surface area contributed by atoms with Gasteiger partial charge in [-0.25, -0.2) is 10.8 Å². The topological polar surface area (TPSA) is 75.9 Å². The monoisotopic (exact) mass is 257 g/mol. The summed E-state index contributed by atoms with van der Waals surface area (Å²) in [6, 6.07) is 10.4. The van der Waals surface area contributed by atoms with Crippen molar-refractivity contribution in [1.82, 2.24) is 9.97 Å². The van der Waals surface area contributed by atoms with Crippen molar-refractivity contribution in [2.75, 3.05) is 10.7 Å². The van der Waals surface area contributed by atoms with Gasteiger partial charge in [0.05, 0.1) is 6.04 Å². The maximum Gasteiger partial charge on any atom is 0.239 e. The number of aryl methyl sites for hydroxylation is 2. The molecule has 0 saturated heterocycles. The molecule has 0 aliphatic rings. The van der Waals surface area contributed by atoms with Gasteiger partial charge in [-0.15, -0.1) is 0 Å². The van der Waals surface area contributed by atoms with Crippen LogP contribution in [0.15, 0.2) is 30.3 Å². The van der Waals surface area contributed by atoms with E-state index in [2.05, 4.69) is 46.7 Å². The van der Waals surface area contributed by atoms with Crippen molar-refractivity contribution in [3.63, 3.8) is 0 Å². The number of nitrogens with zero attached hydrogens (tertiary/aromatic N) is 2. The largest absolute Gasteiger partial charge is 0.363 e. The molecule has 0 spiro atoms. The van der Waals surface area contributed by atoms with E-state index in [1.54, 1.807) is 0 Å². The number of benzene rings is 1. The summed E-state index contributed by atoms with van der Waals surface area (Å²) in [5, 5.41) is 3.37. The molecule has 5 nitrogen and oxygen atoms in total. The number of hydrogen-bond acceptors (Lipinski definition) is 5. The quantitative estimate of drug-likeness (QED) is 0.579. The maximum absolute atomic E-state index is 5.35. The highest BCUT2D eigenvalue weighted by Gasteiger charge is 2.09. The lowest BCUT2D eigenvalue weighted by Crippen LogP contribution is -2.14. The molecular weight excluding hydrogens is 238 g/mol. The Morgan fingerprint density at radius 3 is 2.58 bits per heavy atom. The predicted molar refractivity (Wildman–Crippen MR) is 77.8 cm³/mol. The van der Waals surface area contributed by atoms with Gasteiger partial charge in [-0.2, -0.15) is 4.98 Å². The zero-order valence-corrected chi connectivity index (χ0v) is 11.4. The Hall–Kier alpha value is -2.14. The van der Waals surface area contributed by atoms with E-state index in [0.717, 1.165) is 11.5 Å². The number of nitrogens with one attached hydrogen (secondary N) is 2. The summed E-state index contributed by atoms with van der Waals surface area (Å²) < 4.78 is 0. The van der Waals surface area contributed by atoms with Gasteiger partial charge in [0.15, 0.2) is 0 Å². The molecule has 100 valence electrons. The number of hydrazine groups is 1. The number of anilines is 2. The van der Waals surface area contributed by atoms with Gasteiger partial charge in [-0.3, -0.25) is 5.43 Å². The Morgan fingerprint density at radius 2 is 1.89 bits per heavy atom. The third-order valence-corrected chi connectivity index (χ3v) is 3.00. The molecule has 0 amide bonds. The second-order valence-corrected chi connectivity index (χ2v) is 4.59. The lowest BCUT2D eigenvalue weighted by atomic mass is 10.0. The Balaban J connectivity index is 2.21. The minimum atomic E-state index is 0.168. The fraction of sp³-hybridized carbons (Fsp3) is 0.286. The second kappa shape index (κ2) is 5.67. The molecule has 0 radical (unpaired) electrons. The highest BCUT2D eigenvalue weighted by atomic mass is 15.3. The van der Waals surface area contributed by atoms with Crippen LogP contribution in [0, 0.1) is 13.8 Å². The average molecular weight is 257 g/mol. The highest BCUT2D eigenvalue weighted by molar-refractivity contribution is 5.44. The van der Waals surface area contributed by atoms with Crippen molar-refractivity contribution in [2.45, 2.75) is 26.8 Å². The van der Waals surface area contributed by atoms with Gasteiger partial charge in [0.1, 0.15) is 5.82 Å². The van der Waals surface area contributed by atoms with Crippen LogP contribution in [0.4, 0.5) is 11.8 Å². The van der Waals surface area contributed by atoms with Crippen LogP contribution in [0.2, 0.25) is 0 Å². The summed E-state index contributed by atoms with van der Waals surface area (Å²) in [4.78, 5) is 8.45. The van der Waals surface area contributed by atoms with Crippen molar-refractivity contribution in [1.29, 1.82) is 0 Å². The Kier molecular flexibility index (Phi) is 3.97. The lowest BCUT2D eigenvalue weighted by molar-refractivity contribution is 0.861. The van der Waals surface area contributed by atoms with E-state index in [0.29, 0.717) is 5.95 Å². The first-order valence-corrected chi connectivity index (χ1v) is 6.24. The molecule has 1 atom stereocenters. The van der Waals surface area contributed by atoms with Crippen LogP contribution >= 0.6 is 0 Å². The Morgan fingerprint density at radius 1 is 1.16 bits per heavy atom. The molecule has 1 unspecified atom stereocenters. The summed E-state index contributed by atoms with van der Waals surface area (Å²) in [6.07, 6.45) is 0. The predicted octanol–water partition coefficient (Wildman–Crippen LogP) is 2.55. The standard InChI is InChI=1S/C14H19N5/c1-9-6-4-5-7-12(9)11(3)17-13-8-10(2)16-14(18-13)19-15/h4-8,11H,15H2,1-3H3,(H2,16,17,18,19). The molecule has 2 aromatic rings. The third-order valence-electron chi connectivity index (χ3n) is 3.00. The average Bonchev–Trinajstić information content (AvgIpc) is 2.38. The van der Waals surface area contributed by atoms with Crippen LogP contribution in [0.1, 0.15) is 29.8 Å². The smallest absolute Gasteiger partial charge is 0.239 e. The summed E-state index contributed by atoms with van der Waals surface area (Å²) in [5.74, 6) is 6.53. The van der Waals surface area contributed by atoms with Gasteiger partial charge in [-0.1, -0.05) is 24.3 Å². The van der Waals surface area contributed by atoms with Crippen LogP contribution in [-0.2, 0) is 0 Å². The van der Waals surface area contributed by atoms with Gasteiger partial charge in [0.2, 0.25) is 5.95 Å². The van der Waals surface area contributed by atoms with Crippen LogP contribution in [0.25, 0.3) is 0 Å². The van der Waals surface area contributed by atoms with Crippen LogP contribution in [-0.4, -0.2) is 9.97 Å². The van der Waals surface area contributed by atoms with Crippen LogP contribution < -0.4 is 16.6 Å². The summed E-state index contributed by atoms with van der Waals surface area (Å²) in [6.45, 7) is 6.12. The van der Waals surface area contributed by atoms with E-state index >= 15 is 0 Å². The minimum Gasteiger partial charge on any atom is -0.363 e. The summed E-state index contributed by atoms with van der Waals surface area (Å²) >= 11 is 0. The maximum atomic E-state index is 5.35. The first-order chi connectivity index (χ1) is 9.10. The van der Waals surface area contributed by atoms with Crippen molar-refractivity contribution in [3.8, 4) is 0 Å². The molecule has 1 aromatic heterocycles. The molecule has 1 heterocycles. The molecule has 19 heavy (non-hydrogen) atoms. The van der Waals surface area contributed by atoms with Crippen molar-refractivity contribution in [2.24, 2.45) is 5.84 Å². The number of nitrogens with two attached hydrogens (primary N) is 1. The molecule has 4 N–H and O–H groups in total. The molecule has 0 aliphatic heterocycles. The third kappa shape index (κ3) is 3.20. The SMILES string of the molecule is Cc1cc(NC(C)c2ccccc2C)nc(NN)n1. The van der Waals surface area contributed by atoms with Crippen molar-refractivity contribution < 1.29 is 0 Å². The lowest BCUT2D eigenvalue weighted by Gasteiger charge is -2.17. The number of rotatable bonds is 4. The first kappa shape index (κ1) is 13.3. The van der Waals surface area contributed by atoms with Crippen molar-refractivity contribution >= 4 is 11.8 Å². The summed E-state index contributed by atoms with van der Waals surface area (Å²) in [7, 11) is 0. The van der Waals surface area contributed by atoms with Crippen LogP contribution in [0.3, 0.4) is 0 Å². The zero-order valence-electron chi connectivity index (χ0n) is 11.4. The second-order valence-electron chi connectivity index (χ2n) is 4.59. The fourth-order valence-corrected chi connectivity index (χ4v) is 2.08. The van der Waals surface area contributed by atoms with Crippen LogP contribution in [0.5, 0.6) is 0 Å². The first-order valence-electron chi connectivity index (χ1n) is 6.24. The molecule has 1 aromatic carbocycles. The van der Waals surface area contributed by atoms with E-state index in [1.165, 1.54) is 11.1 Å². The van der Waals surface area contributed by atoms with E-state index < -0.39 is 0 Å². The van der Waals surface area contributed by atoms with Gasteiger partial charge < -0.3 is 5.32 Å². The van der Waals surface area contributed by atoms with Gasteiger partial charge in [0, 0.05) is 11.8 Å². The van der Waals surface area contributed by atoms with Gasteiger partial charge in [0.25, 0.3) is 0 Å². The van der Waals surface area contributed by atoms with Crippen molar-refractivity contribution in [3.05, 3.63) is 47.2 Å². The van der Waals surface area contributed by atoms with E-state index in [1.807, 2.05) is 25.1 Å². The molecule has 0 saturated carbocycles. The zero-order chi connectivity index (χ0) is 13.8. The number of hydrogen-bond donors (Lipinski definition) is 3. The molecule has 0 fully saturated rings. The van der Waals surface area contributed by atoms with E-state index in [9.17, 15) is 0 Å². The number of nitrogen functional groups attached to an aromatic ring is 1. The van der Waals surface area contributed by atoms with E-state index in [4.69, 9.17) is 5.84 Å². The molecule has 0 bridgehead atoms. The summed E-state index contributed by atoms with van der Waals surface area (Å²) in [5.41, 5.74) is 5.84. The fourth-order valence-electron chi connectivity index (χ4n) is 2.08. The molecule has 2 rings (SSSR count). The molecule has 5 heteroatoms. The highest BCUT2D eigenvalue weighted by Crippen LogP contribution is 2.21. The van der Waals surface area contributed by atoms with E-state index in [-0.39, 0.29) is 6.04 Å². The molecular formula is C14H19N5.